The Kier molecular flexibility index (Phi) is 16.8. The molecule has 0 radical (unpaired) electrons. The third-order valence-electron chi connectivity index (χ3n) is 3.23. The van der Waals surface area contributed by atoms with Crippen molar-refractivity contribution in [2.75, 3.05) is 27.7 Å². The summed E-state index contributed by atoms with van der Waals surface area (Å²) in [5, 5.41) is 3.42. The molecule has 0 saturated heterocycles. The molecular formula is C16H38N2. The molecule has 0 spiro atoms. The molecular weight excluding hydrogens is 220 g/mol. The highest BCUT2D eigenvalue weighted by Crippen LogP contribution is 2.15. The molecule has 18 heavy (non-hydrogen) atoms. The molecule has 0 aliphatic heterocycles. The van der Waals surface area contributed by atoms with Crippen LogP contribution in [0, 0.1) is 5.92 Å². The summed E-state index contributed by atoms with van der Waals surface area (Å²) in [6.07, 6.45) is 8.27. The van der Waals surface area contributed by atoms with E-state index < -0.39 is 0 Å². The number of hydrogen-bond donors (Lipinski definition) is 1. The largest absolute Gasteiger partial charge is 0.316 e. The van der Waals surface area contributed by atoms with Crippen LogP contribution in [0.1, 0.15) is 66.2 Å². The second-order valence-electron chi connectivity index (χ2n) is 5.44. The fourth-order valence-corrected chi connectivity index (χ4v) is 2.25. The van der Waals surface area contributed by atoms with Crippen molar-refractivity contribution in [1.82, 2.24) is 10.2 Å². The average molecular weight is 258 g/mol. The van der Waals surface area contributed by atoms with Crippen molar-refractivity contribution in [3.05, 3.63) is 0 Å². The number of likely N-dealkylation sites (N-methyl/N-ethyl adjacent to an activating group) is 2. The van der Waals surface area contributed by atoms with Crippen molar-refractivity contribution in [3.8, 4) is 0 Å². The van der Waals surface area contributed by atoms with Gasteiger partial charge in [-0.15, -0.1) is 0 Å². The van der Waals surface area contributed by atoms with Gasteiger partial charge in [0.2, 0.25) is 0 Å². The fraction of sp³-hybridized carbons (Fsp3) is 1.00. The molecule has 2 unspecified atom stereocenters. The summed E-state index contributed by atoms with van der Waals surface area (Å²) in [5.41, 5.74) is 0. The van der Waals surface area contributed by atoms with Gasteiger partial charge in [-0.3, -0.25) is 0 Å². The van der Waals surface area contributed by atoms with Crippen LogP contribution in [0.15, 0.2) is 0 Å². The SMILES string of the molecule is CC.CCCCCCC(C)CC(CN(C)C)NC. The third-order valence-corrected chi connectivity index (χ3v) is 3.23. The molecule has 0 aromatic rings. The van der Waals surface area contributed by atoms with E-state index in [1.54, 1.807) is 0 Å². The molecule has 0 aliphatic rings. The zero-order valence-electron chi connectivity index (χ0n) is 14.1. The van der Waals surface area contributed by atoms with Gasteiger partial charge in [0.25, 0.3) is 0 Å². The summed E-state index contributed by atoms with van der Waals surface area (Å²) in [4.78, 5) is 2.27. The first kappa shape index (κ1) is 20.2. The maximum atomic E-state index is 3.42. The maximum Gasteiger partial charge on any atom is 0.0194 e. The van der Waals surface area contributed by atoms with Gasteiger partial charge >= 0.3 is 0 Å². The van der Waals surface area contributed by atoms with Crippen LogP contribution in [0.4, 0.5) is 0 Å². The van der Waals surface area contributed by atoms with E-state index in [-0.39, 0.29) is 0 Å². The van der Waals surface area contributed by atoms with Crippen LogP contribution in [0.5, 0.6) is 0 Å². The van der Waals surface area contributed by atoms with E-state index in [0.717, 1.165) is 12.5 Å². The number of unbranched alkanes of at least 4 members (excludes halogenated alkanes) is 3. The fourth-order valence-electron chi connectivity index (χ4n) is 2.25. The molecule has 0 bridgehead atoms. The molecule has 0 heterocycles. The minimum Gasteiger partial charge on any atom is -0.316 e. The Morgan fingerprint density at radius 1 is 1.06 bits per heavy atom. The van der Waals surface area contributed by atoms with Crippen LogP contribution in [-0.4, -0.2) is 38.6 Å². The van der Waals surface area contributed by atoms with E-state index in [2.05, 4.69) is 45.2 Å². The van der Waals surface area contributed by atoms with Gasteiger partial charge in [0.05, 0.1) is 0 Å². The van der Waals surface area contributed by atoms with Gasteiger partial charge in [0.1, 0.15) is 0 Å². The Hall–Kier alpha value is -0.0800. The molecule has 0 fully saturated rings. The molecule has 1 N–H and O–H groups in total. The highest BCUT2D eigenvalue weighted by molar-refractivity contribution is 4.70. The average Bonchev–Trinajstić information content (AvgIpc) is 2.35. The number of hydrogen-bond acceptors (Lipinski definition) is 2. The Morgan fingerprint density at radius 2 is 1.67 bits per heavy atom. The minimum atomic E-state index is 0.649. The number of rotatable bonds is 10. The lowest BCUT2D eigenvalue weighted by molar-refractivity contribution is 0.303. The van der Waals surface area contributed by atoms with E-state index >= 15 is 0 Å². The third kappa shape index (κ3) is 14.0. The van der Waals surface area contributed by atoms with Crippen molar-refractivity contribution in [3.63, 3.8) is 0 Å². The van der Waals surface area contributed by atoms with Crippen molar-refractivity contribution in [2.45, 2.75) is 72.3 Å². The molecule has 0 aromatic carbocycles. The second-order valence-corrected chi connectivity index (χ2v) is 5.44. The first-order valence-electron chi connectivity index (χ1n) is 7.92. The Bertz CT molecular complexity index is 146. The Balaban J connectivity index is 0. The lowest BCUT2D eigenvalue weighted by Crippen LogP contribution is -2.37. The van der Waals surface area contributed by atoms with E-state index in [1.807, 2.05) is 13.8 Å². The van der Waals surface area contributed by atoms with Crippen molar-refractivity contribution < 1.29 is 0 Å². The standard InChI is InChI=1S/C14H32N2.C2H6/c1-6-7-8-9-10-13(2)11-14(15-3)12-16(4)5;1-2/h13-15H,6-12H2,1-5H3;1-2H3. The van der Waals surface area contributed by atoms with Gasteiger partial charge in [-0.2, -0.15) is 0 Å². The lowest BCUT2D eigenvalue weighted by atomic mass is 9.95. The van der Waals surface area contributed by atoms with Gasteiger partial charge in [-0.05, 0) is 33.5 Å². The van der Waals surface area contributed by atoms with Crippen LogP contribution < -0.4 is 5.32 Å². The number of nitrogens with zero attached hydrogens (tertiary/aromatic N) is 1. The van der Waals surface area contributed by atoms with Gasteiger partial charge in [-0.1, -0.05) is 59.8 Å². The highest BCUT2D eigenvalue weighted by Gasteiger charge is 2.11. The van der Waals surface area contributed by atoms with Crippen LogP contribution in [0.2, 0.25) is 0 Å². The van der Waals surface area contributed by atoms with E-state index in [4.69, 9.17) is 0 Å². The van der Waals surface area contributed by atoms with Crippen molar-refractivity contribution in [1.29, 1.82) is 0 Å². The van der Waals surface area contributed by atoms with Crippen LogP contribution >= 0.6 is 0 Å². The molecule has 0 aliphatic carbocycles. The lowest BCUT2D eigenvalue weighted by Gasteiger charge is -2.23. The van der Waals surface area contributed by atoms with E-state index in [9.17, 15) is 0 Å². The van der Waals surface area contributed by atoms with E-state index in [1.165, 1.54) is 38.5 Å². The topological polar surface area (TPSA) is 15.3 Å². The minimum absolute atomic E-state index is 0.649. The van der Waals surface area contributed by atoms with Gasteiger partial charge in [0.15, 0.2) is 0 Å². The van der Waals surface area contributed by atoms with Crippen molar-refractivity contribution in [2.24, 2.45) is 5.92 Å². The van der Waals surface area contributed by atoms with Gasteiger partial charge < -0.3 is 10.2 Å². The molecule has 2 atom stereocenters. The molecule has 0 aromatic heterocycles. The molecule has 112 valence electrons. The van der Waals surface area contributed by atoms with Crippen molar-refractivity contribution >= 4 is 0 Å². The highest BCUT2D eigenvalue weighted by atomic mass is 15.1. The van der Waals surface area contributed by atoms with Gasteiger partial charge in [0, 0.05) is 12.6 Å². The summed E-state index contributed by atoms with van der Waals surface area (Å²) in [7, 11) is 6.38. The van der Waals surface area contributed by atoms with Crippen LogP contribution in [-0.2, 0) is 0 Å². The predicted molar refractivity (Wildman–Crippen MR) is 85.3 cm³/mol. The maximum absolute atomic E-state index is 3.42. The molecule has 0 amide bonds. The molecule has 2 nitrogen and oxygen atoms in total. The second kappa shape index (κ2) is 15.0. The monoisotopic (exact) mass is 258 g/mol. The summed E-state index contributed by atoms with van der Waals surface area (Å²) in [6.45, 7) is 9.82. The predicted octanol–water partition coefficient (Wildman–Crippen LogP) is 4.16. The van der Waals surface area contributed by atoms with Crippen LogP contribution in [0.25, 0.3) is 0 Å². The summed E-state index contributed by atoms with van der Waals surface area (Å²) < 4.78 is 0. The van der Waals surface area contributed by atoms with Gasteiger partial charge in [-0.25, -0.2) is 0 Å². The Labute approximate surface area is 117 Å². The summed E-state index contributed by atoms with van der Waals surface area (Å²) in [6, 6.07) is 0.649. The molecule has 0 rings (SSSR count). The summed E-state index contributed by atoms with van der Waals surface area (Å²) in [5.74, 6) is 0.856. The zero-order valence-corrected chi connectivity index (χ0v) is 14.1. The summed E-state index contributed by atoms with van der Waals surface area (Å²) >= 11 is 0. The smallest absolute Gasteiger partial charge is 0.0194 e. The van der Waals surface area contributed by atoms with E-state index in [0.29, 0.717) is 6.04 Å². The quantitative estimate of drug-likeness (QED) is 0.592. The van der Waals surface area contributed by atoms with Crippen LogP contribution in [0.3, 0.4) is 0 Å². The normalized spacial score (nSPS) is 14.0. The number of nitrogens with one attached hydrogen (secondary N) is 1. The first-order valence-corrected chi connectivity index (χ1v) is 7.92. The first-order chi connectivity index (χ1) is 8.60. The zero-order chi connectivity index (χ0) is 14.4. The molecule has 2 heteroatoms. The Morgan fingerprint density at radius 3 is 2.11 bits per heavy atom. The molecule has 0 saturated carbocycles.